The molecule has 17 heavy (non-hydrogen) atoms. The Morgan fingerprint density at radius 1 is 1.35 bits per heavy atom. The van der Waals surface area contributed by atoms with Crippen molar-refractivity contribution in [3.8, 4) is 5.75 Å². The summed E-state index contributed by atoms with van der Waals surface area (Å²) in [5, 5.41) is 0. The Labute approximate surface area is 101 Å². The summed E-state index contributed by atoms with van der Waals surface area (Å²) in [6, 6.07) is 6.19. The maximum atomic E-state index is 13.0. The quantitative estimate of drug-likeness (QED) is 0.873. The third-order valence-corrected chi connectivity index (χ3v) is 3.33. The van der Waals surface area contributed by atoms with Gasteiger partial charge in [-0.1, -0.05) is 6.07 Å². The minimum atomic E-state index is -0.281. The molecule has 3 nitrogen and oxygen atoms in total. The van der Waals surface area contributed by atoms with Crippen molar-refractivity contribution in [1.29, 1.82) is 0 Å². The van der Waals surface area contributed by atoms with Crippen molar-refractivity contribution < 1.29 is 13.9 Å². The van der Waals surface area contributed by atoms with Gasteiger partial charge < -0.3 is 15.2 Å². The van der Waals surface area contributed by atoms with E-state index in [1.54, 1.807) is 12.1 Å². The number of halogens is 1. The zero-order valence-electron chi connectivity index (χ0n) is 9.82. The van der Waals surface area contributed by atoms with Gasteiger partial charge in [-0.2, -0.15) is 0 Å². The van der Waals surface area contributed by atoms with Gasteiger partial charge in [-0.3, -0.25) is 0 Å². The van der Waals surface area contributed by atoms with E-state index in [1.165, 1.54) is 12.1 Å². The van der Waals surface area contributed by atoms with Crippen LogP contribution in [0, 0.1) is 11.2 Å². The van der Waals surface area contributed by atoms with Crippen molar-refractivity contribution >= 4 is 0 Å². The summed E-state index contributed by atoms with van der Waals surface area (Å²) in [4.78, 5) is 0. The van der Waals surface area contributed by atoms with Crippen LogP contribution in [0.3, 0.4) is 0 Å². The fourth-order valence-electron chi connectivity index (χ4n) is 2.01. The zero-order valence-corrected chi connectivity index (χ0v) is 9.82. The molecule has 2 N–H and O–H groups in total. The third kappa shape index (κ3) is 3.17. The summed E-state index contributed by atoms with van der Waals surface area (Å²) >= 11 is 0. The molecular weight excluding hydrogens is 221 g/mol. The van der Waals surface area contributed by atoms with Crippen molar-refractivity contribution in [2.45, 2.75) is 12.8 Å². The SMILES string of the molecule is NCC1(COc2cccc(F)c2)CCOCC1. The fourth-order valence-corrected chi connectivity index (χ4v) is 2.01. The normalized spacial score (nSPS) is 18.9. The number of ether oxygens (including phenoxy) is 2. The minimum Gasteiger partial charge on any atom is -0.493 e. The molecule has 0 saturated carbocycles. The van der Waals surface area contributed by atoms with Gasteiger partial charge in [0.1, 0.15) is 11.6 Å². The van der Waals surface area contributed by atoms with Gasteiger partial charge in [0.25, 0.3) is 0 Å². The highest BCUT2D eigenvalue weighted by Gasteiger charge is 2.32. The summed E-state index contributed by atoms with van der Waals surface area (Å²) in [7, 11) is 0. The van der Waals surface area contributed by atoms with Crippen LogP contribution in [-0.2, 0) is 4.74 Å². The molecule has 0 radical (unpaired) electrons. The second-order valence-corrected chi connectivity index (χ2v) is 4.56. The largest absolute Gasteiger partial charge is 0.493 e. The first-order chi connectivity index (χ1) is 8.24. The Hall–Kier alpha value is -1.13. The molecule has 0 amide bonds. The van der Waals surface area contributed by atoms with Crippen LogP contribution in [0.2, 0.25) is 0 Å². The Morgan fingerprint density at radius 3 is 2.76 bits per heavy atom. The van der Waals surface area contributed by atoms with Crippen LogP contribution in [0.1, 0.15) is 12.8 Å². The van der Waals surface area contributed by atoms with Gasteiger partial charge in [0.2, 0.25) is 0 Å². The molecule has 1 aliphatic rings. The predicted octanol–water partition coefficient (Wildman–Crippen LogP) is 1.96. The summed E-state index contributed by atoms with van der Waals surface area (Å²) in [5.74, 6) is 0.278. The van der Waals surface area contributed by atoms with Gasteiger partial charge in [-0.25, -0.2) is 4.39 Å². The third-order valence-electron chi connectivity index (χ3n) is 3.33. The van der Waals surface area contributed by atoms with Gasteiger partial charge >= 0.3 is 0 Å². The Kier molecular flexibility index (Phi) is 3.97. The molecule has 1 heterocycles. The number of rotatable bonds is 4. The smallest absolute Gasteiger partial charge is 0.126 e. The average molecular weight is 239 g/mol. The van der Waals surface area contributed by atoms with Crippen molar-refractivity contribution in [2.75, 3.05) is 26.4 Å². The molecule has 4 heteroatoms. The first-order valence-electron chi connectivity index (χ1n) is 5.90. The molecule has 2 rings (SSSR count). The minimum absolute atomic E-state index is 0.0232. The van der Waals surface area contributed by atoms with Crippen LogP contribution in [0.15, 0.2) is 24.3 Å². The molecular formula is C13H18FNO2. The standard InChI is InChI=1S/C13H18FNO2/c14-11-2-1-3-12(8-11)17-10-13(9-15)4-6-16-7-5-13/h1-3,8H,4-7,9-10,15H2. The Balaban J connectivity index is 1.95. The van der Waals surface area contributed by atoms with Crippen LogP contribution >= 0.6 is 0 Å². The van der Waals surface area contributed by atoms with E-state index >= 15 is 0 Å². The van der Waals surface area contributed by atoms with Gasteiger partial charge in [0.05, 0.1) is 6.61 Å². The predicted molar refractivity (Wildman–Crippen MR) is 63.4 cm³/mol. The van der Waals surface area contributed by atoms with Gasteiger partial charge in [-0.05, 0) is 25.0 Å². The summed E-state index contributed by atoms with van der Waals surface area (Å²) < 4.78 is 24.0. The van der Waals surface area contributed by atoms with Gasteiger partial charge in [0, 0.05) is 31.2 Å². The molecule has 0 aromatic heterocycles. The number of benzene rings is 1. The van der Waals surface area contributed by atoms with Crippen LogP contribution in [0.25, 0.3) is 0 Å². The molecule has 1 aromatic carbocycles. The molecule has 0 unspecified atom stereocenters. The maximum absolute atomic E-state index is 13.0. The van der Waals surface area contributed by atoms with E-state index in [2.05, 4.69) is 0 Å². The molecule has 1 fully saturated rings. The lowest BCUT2D eigenvalue weighted by molar-refractivity contribution is -0.00504. The lowest BCUT2D eigenvalue weighted by Gasteiger charge is -2.35. The van der Waals surface area contributed by atoms with E-state index in [4.69, 9.17) is 15.2 Å². The van der Waals surface area contributed by atoms with Gasteiger partial charge in [-0.15, -0.1) is 0 Å². The maximum Gasteiger partial charge on any atom is 0.126 e. The number of hydrogen-bond acceptors (Lipinski definition) is 3. The molecule has 1 aliphatic heterocycles. The molecule has 0 atom stereocenters. The van der Waals surface area contributed by atoms with E-state index in [0.29, 0.717) is 18.9 Å². The Morgan fingerprint density at radius 2 is 2.12 bits per heavy atom. The second kappa shape index (κ2) is 5.47. The van der Waals surface area contributed by atoms with Crippen LogP contribution in [-0.4, -0.2) is 26.4 Å². The average Bonchev–Trinajstić information content (AvgIpc) is 2.38. The van der Waals surface area contributed by atoms with E-state index in [9.17, 15) is 4.39 Å². The molecule has 1 saturated heterocycles. The molecule has 1 aromatic rings. The van der Waals surface area contributed by atoms with Crippen LogP contribution in [0.4, 0.5) is 4.39 Å². The van der Waals surface area contributed by atoms with Crippen molar-refractivity contribution in [3.05, 3.63) is 30.1 Å². The monoisotopic (exact) mass is 239 g/mol. The highest BCUT2D eigenvalue weighted by atomic mass is 19.1. The summed E-state index contributed by atoms with van der Waals surface area (Å²) in [6.45, 7) is 2.55. The highest BCUT2D eigenvalue weighted by Crippen LogP contribution is 2.30. The zero-order chi connectivity index (χ0) is 12.1. The first-order valence-corrected chi connectivity index (χ1v) is 5.90. The molecule has 0 spiro atoms. The van der Waals surface area contributed by atoms with E-state index in [0.717, 1.165) is 26.1 Å². The summed E-state index contributed by atoms with van der Waals surface area (Å²) in [5.41, 5.74) is 5.80. The van der Waals surface area contributed by atoms with E-state index in [-0.39, 0.29) is 11.2 Å². The topological polar surface area (TPSA) is 44.5 Å². The van der Waals surface area contributed by atoms with Crippen LogP contribution in [0.5, 0.6) is 5.75 Å². The van der Waals surface area contributed by atoms with Crippen molar-refractivity contribution in [3.63, 3.8) is 0 Å². The number of hydrogen-bond donors (Lipinski definition) is 1. The van der Waals surface area contributed by atoms with Crippen molar-refractivity contribution in [1.82, 2.24) is 0 Å². The molecule has 94 valence electrons. The first kappa shape index (κ1) is 12.3. The van der Waals surface area contributed by atoms with Crippen molar-refractivity contribution in [2.24, 2.45) is 11.1 Å². The Bertz CT molecular complexity index is 364. The van der Waals surface area contributed by atoms with Crippen LogP contribution < -0.4 is 10.5 Å². The van der Waals surface area contributed by atoms with E-state index < -0.39 is 0 Å². The lowest BCUT2D eigenvalue weighted by atomic mass is 9.81. The highest BCUT2D eigenvalue weighted by molar-refractivity contribution is 5.22. The fraction of sp³-hybridized carbons (Fsp3) is 0.538. The lowest BCUT2D eigenvalue weighted by Crippen LogP contribution is -2.41. The number of nitrogens with two attached hydrogens (primary N) is 1. The van der Waals surface area contributed by atoms with Gasteiger partial charge in [0.15, 0.2) is 0 Å². The summed E-state index contributed by atoms with van der Waals surface area (Å²) in [6.07, 6.45) is 1.80. The second-order valence-electron chi connectivity index (χ2n) is 4.56. The molecule has 0 aliphatic carbocycles. The van der Waals surface area contributed by atoms with E-state index in [1.807, 2.05) is 0 Å². The molecule has 0 bridgehead atoms.